The van der Waals surface area contributed by atoms with Gasteiger partial charge in [-0.3, -0.25) is 0 Å². The molecule has 1 saturated carbocycles. The van der Waals surface area contributed by atoms with Crippen LogP contribution in [0.2, 0.25) is 0 Å². The van der Waals surface area contributed by atoms with Gasteiger partial charge in [0.2, 0.25) is 0 Å². The van der Waals surface area contributed by atoms with Crippen molar-refractivity contribution < 1.29 is 9.47 Å². The van der Waals surface area contributed by atoms with Gasteiger partial charge >= 0.3 is 0 Å². The van der Waals surface area contributed by atoms with E-state index in [2.05, 4.69) is 12.1 Å². The third-order valence-electron chi connectivity index (χ3n) is 4.11. The lowest BCUT2D eigenvalue weighted by Gasteiger charge is -2.28. The van der Waals surface area contributed by atoms with Crippen molar-refractivity contribution in [1.82, 2.24) is 0 Å². The maximum Gasteiger partial charge on any atom is 0.161 e. The number of rotatable bonds is 6. The SMILES string of the molecule is CCOc1ccc(C(N)C2CCCCC2)cc1OCC. The zero-order valence-electron chi connectivity index (χ0n) is 12.7. The Morgan fingerprint density at radius 2 is 1.70 bits per heavy atom. The molecule has 0 aromatic heterocycles. The largest absolute Gasteiger partial charge is 0.490 e. The predicted molar refractivity (Wildman–Crippen MR) is 82.3 cm³/mol. The van der Waals surface area contributed by atoms with Gasteiger partial charge in [-0.2, -0.15) is 0 Å². The van der Waals surface area contributed by atoms with E-state index >= 15 is 0 Å². The highest BCUT2D eigenvalue weighted by Crippen LogP contribution is 2.36. The summed E-state index contributed by atoms with van der Waals surface area (Å²) in [5.74, 6) is 2.24. The molecule has 1 aliphatic rings. The fourth-order valence-electron chi connectivity index (χ4n) is 3.04. The molecular weight excluding hydrogens is 250 g/mol. The molecule has 3 nitrogen and oxygen atoms in total. The van der Waals surface area contributed by atoms with Crippen LogP contribution in [-0.4, -0.2) is 13.2 Å². The van der Waals surface area contributed by atoms with Crippen molar-refractivity contribution in [2.45, 2.75) is 52.0 Å². The van der Waals surface area contributed by atoms with Gasteiger partial charge in [0.05, 0.1) is 13.2 Å². The second-order valence-corrected chi connectivity index (χ2v) is 5.50. The van der Waals surface area contributed by atoms with E-state index < -0.39 is 0 Å². The first kappa shape index (κ1) is 15.2. The Balaban J connectivity index is 2.16. The Kier molecular flexibility index (Phi) is 5.72. The van der Waals surface area contributed by atoms with E-state index in [4.69, 9.17) is 15.2 Å². The van der Waals surface area contributed by atoms with Gasteiger partial charge in [0.15, 0.2) is 11.5 Å². The minimum atomic E-state index is 0.116. The van der Waals surface area contributed by atoms with Gasteiger partial charge < -0.3 is 15.2 Å². The van der Waals surface area contributed by atoms with Crippen LogP contribution >= 0.6 is 0 Å². The molecule has 112 valence electrons. The fraction of sp³-hybridized carbons (Fsp3) is 0.647. The Morgan fingerprint density at radius 3 is 2.35 bits per heavy atom. The summed E-state index contributed by atoms with van der Waals surface area (Å²) in [7, 11) is 0. The second kappa shape index (κ2) is 7.53. The molecule has 0 amide bonds. The normalized spacial score (nSPS) is 17.8. The Bertz CT molecular complexity index is 413. The van der Waals surface area contributed by atoms with Crippen molar-refractivity contribution in [2.24, 2.45) is 11.7 Å². The molecule has 2 N–H and O–H groups in total. The highest BCUT2D eigenvalue weighted by atomic mass is 16.5. The molecule has 0 heterocycles. The van der Waals surface area contributed by atoms with Gasteiger partial charge in [-0.1, -0.05) is 25.3 Å². The molecule has 1 aromatic carbocycles. The molecule has 0 aliphatic heterocycles. The average Bonchev–Trinajstić information content (AvgIpc) is 2.50. The van der Waals surface area contributed by atoms with E-state index in [1.165, 1.54) is 37.7 Å². The Morgan fingerprint density at radius 1 is 1.05 bits per heavy atom. The lowest BCUT2D eigenvalue weighted by molar-refractivity contribution is 0.284. The zero-order valence-corrected chi connectivity index (χ0v) is 12.7. The third-order valence-corrected chi connectivity index (χ3v) is 4.11. The number of ether oxygens (including phenoxy) is 2. The molecule has 0 radical (unpaired) electrons. The first-order valence-electron chi connectivity index (χ1n) is 7.91. The van der Waals surface area contributed by atoms with Gasteiger partial charge in [0.1, 0.15) is 0 Å². The van der Waals surface area contributed by atoms with Crippen LogP contribution in [0, 0.1) is 5.92 Å². The molecular formula is C17H27NO2. The summed E-state index contributed by atoms with van der Waals surface area (Å²) in [6.45, 7) is 5.26. The van der Waals surface area contributed by atoms with Crippen molar-refractivity contribution in [3.63, 3.8) is 0 Å². The molecule has 2 rings (SSSR count). The highest BCUT2D eigenvalue weighted by Gasteiger charge is 2.22. The number of hydrogen-bond donors (Lipinski definition) is 1. The first-order valence-corrected chi connectivity index (χ1v) is 7.91. The molecule has 20 heavy (non-hydrogen) atoms. The Hall–Kier alpha value is -1.22. The van der Waals surface area contributed by atoms with Crippen LogP contribution in [0.3, 0.4) is 0 Å². The highest BCUT2D eigenvalue weighted by molar-refractivity contribution is 5.44. The molecule has 1 atom stereocenters. The third kappa shape index (κ3) is 3.66. The van der Waals surface area contributed by atoms with E-state index in [1.807, 2.05) is 19.9 Å². The maximum atomic E-state index is 6.46. The average molecular weight is 277 g/mol. The molecule has 0 saturated heterocycles. The van der Waals surface area contributed by atoms with Crippen molar-refractivity contribution in [1.29, 1.82) is 0 Å². The summed E-state index contributed by atoms with van der Waals surface area (Å²) in [6, 6.07) is 6.26. The molecule has 0 spiro atoms. The minimum absolute atomic E-state index is 0.116. The van der Waals surface area contributed by atoms with Gasteiger partial charge in [0.25, 0.3) is 0 Å². The van der Waals surface area contributed by atoms with Gasteiger partial charge in [-0.05, 0) is 50.3 Å². The molecule has 3 heteroatoms. The van der Waals surface area contributed by atoms with Crippen molar-refractivity contribution in [3.05, 3.63) is 23.8 Å². The molecule has 1 aliphatic carbocycles. The van der Waals surface area contributed by atoms with E-state index in [0.29, 0.717) is 19.1 Å². The minimum Gasteiger partial charge on any atom is -0.490 e. The zero-order chi connectivity index (χ0) is 14.4. The standard InChI is InChI=1S/C17H27NO2/c1-3-19-15-11-10-14(12-16(15)20-4-2)17(18)13-8-6-5-7-9-13/h10-13,17H,3-9,18H2,1-2H3. The summed E-state index contributed by atoms with van der Waals surface area (Å²) in [5, 5.41) is 0. The van der Waals surface area contributed by atoms with E-state index in [9.17, 15) is 0 Å². The summed E-state index contributed by atoms with van der Waals surface area (Å²) in [4.78, 5) is 0. The van der Waals surface area contributed by atoms with Crippen molar-refractivity contribution in [2.75, 3.05) is 13.2 Å². The summed E-state index contributed by atoms with van der Waals surface area (Å²) < 4.78 is 11.3. The number of nitrogens with two attached hydrogens (primary N) is 1. The molecule has 0 bridgehead atoms. The molecule has 1 aromatic rings. The quantitative estimate of drug-likeness (QED) is 0.852. The van der Waals surface area contributed by atoms with Crippen LogP contribution < -0.4 is 15.2 Å². The summed E-state index contributed by atoms with van der Waals surface area (Å²) >= 11 is 0. The molecule has 1 unspecified atom stereocenters. The maximum absolute atomic E-state index is 6.46. The van der Waals surface area contributed by atoms with E-state index in [-0.39, 0.29) is 6.04 Å². The molecule has 1 fully saturated rings. The lowest BCUT2D eigenvalue weighted by Crippen LogP contribution is -2.23. The van der Waals surface area contributed by atoms with Gasteiger partial charge in [-0.15, -0.1) is 0 Å². The van der Waals surface area contributed by atoms with Crippen LogP contribution in [0.1, 0.15) is 57.6 Å². The Labute approximate surface area is 122 Å². The number of benzene rings is 1. The van der Waals surface area contributed by atoms with E-state index in [0.717, 1.165) is 11.5 Å². The number of hydrogen-bond acceptors (Lipinski definition) is 3. The van der Waals surface area contributed by atoms with Gasteiger partial charge in [0, 0.05) is 6.04 Å². The monoisotopic (exact) mass is 277 g/mol. The fourth-order valence-corrected chi connectivity index (χ4v) is 3.04. The summed E-state index contributed by atoms with van der Waals surface area (Å²) in [6.07, 6.45) is 6.48. The van der Waals surface area contributed by atoms with Crippen LogP contribution in [0.5, 0.6) is 11.5 Å². The topological polar surface area (TPSA) is 44.5 Å². The van der Waals surface area contributed by atoms with E-state index in [1.54, 1.807) is 0 Å². The second-order valence-electron chi connectivity index (χ2n) is 5.50. The smallest absolute Gasteiger partial charge is 0.161 e. The summed E-state index contributed by atoms with van der Waals surface area (Å²) in [5.41, 5.74) is 7.63. The van der Waals surface area contributed by atoms with Crippen molar-refractivity contribution in [3.8, 4) is 11.5 Å². The van der Waals surface area contributed by atoms with Crippen LogP contribution in [0.25, 0.3) is 0 Å². The first-order chi connectivity index (χ1) is 9.76. The van der Waals surface area contributed by atoms with Gasteiger partial charge in [-0.25, -0.2) is 0 Å². The van der Waals surface area contributed by atoms with Crippen molar-refractivity contribution >= 4 is 0 Å². The van der Waals surface area contributed by atoms with Crippen LogP contribution in [-0.2, 0) is 0 Å². The predicted octanol–water partition coefficient (Wildman–Crippen LogP) is 4.06. The van der Waals surface area contributed by atoms with Crippen LogP contribution in [0.15, 0.2) is 18.2 Å². The lowest BCUT2D eigenvalue weighted by atomic mass is 9.81. The van der Waals surface area contributed by atoms with Crippen LogP contribution in [0.4, 0.5) is 0 Å².